The number of hydrogen-bond acceptors (Lipinski definition) is 4. The molecule has 3 N–H and O–H groups in total. The second-order valence-electron chi connectivity index (χ2n) is 4.55. The van der Waals surface area contributed by atoms with Crippen LogP contribution in [0.3, 0.4) is 0 Å². The van der Waals surface area contributed by atoms with Gasteiger partial charge in [-0.05, 0) is 23.7 Å². The van der Waals surface area contributed by atoms with Gasteiger partial charge in [0, 0.05) is 18.1 Å². The molecule has 3 rings (SSSR count). The molecule has 0 spiro atoms. The number of amides is 1. The Balaban J connectivity index is 0.00000176. The van der Waals surface area contributed by atoms with Gasteiger partial charge in [0.15, 0.2) is 0 Å². The van der Waals surface area contributed by atoms with Crippen LogP contribution in [0.4, 0.5) is 5.69 Å². The zero-order valence-electron chi connectivity index (χ0n) is 11.4. The molecular weight excluding hydrogens is 304 g/mol. The van der Waals surface area contributed by atoms with Crippen molar-refractivity contribution in [3.63, 3.8) is 0 Å². The Bertz CT molecular complexity index is 792. The first-order valence-electron chi connectivity index (χ1n) is 6.35. The van der Waals surface area contributed by atoms with E-state index in [0.717, 1.165) is 0 Å². The van der Waals surface area contributed by atoms with Gasteiger partial charge in [0.05, 0.1) is 0 Å². The van der Waals surface area contributed by atoms with Crippen LogP contribution in [-0.4, -0.2) is 32.5 Å². The summed E-state index contributed by atoms with van der Waals surface area (Å²) >= 11 is 0. The molecule has 0 atom stereocenters. The fourth-order valence-electron chi connectivity index (χ4n) is 1.99. The maximum atomic E-state index is 12.1. The van der Waals surface area contributed by atoms with Crippen molar-refractivity contribution < 1.29 is 14.8 Å². The number of pyridine rings is 1. The Morgan fingerprint density at radius 2 is 1.82 bits per heavy atom. The number of fused-ring (bicyclic) bond motifs is 1. The Morgan fingerprint density at radius 1 is 1.09 bits per heavy atom. The zero-order valence-corrected chi connectivity index (χ0v) is 12.2. The molecule has 2 heterocycles. The van der Waals surface area contributed by atoms with Crippen molar-refractivity contribution in [1.29, 1.82) is 0 Å². The van der Waals surface area contributed by atoms with Crippen molar-refractivity contribution in [3.8, 4) is 0 Å². The van der Waals surface area contributed by atoms with Crippen LogP contribution in [0, 0.1) is 0 Å². The summed E-state index contributed by atoms with van der Waals surface area (Å²) < 4.78 is 1.58. The number of aromatic nitrogens is 2. The first-order chi connectivity index (χ1) is 10.1. The van der Waals surface area contributed by atoms with Crippen molar-refractivity contribution in [3.05, 3.63) is 60.6 Å². The zero-order chi connectivity index (χ0) is 14.8. The van der Waals surface area contributed by atoms with Crippen molar-refractivity contribution in [2.75, 3.05) is 5.32 Å². The average molecular weight is 318 g/mol. The molecule has 0 bridgehead atoms. The first kappa shape index (κ1) is 16.0. The molecule has 112 valence electrons. The van der Waals surface area contributed by atoms with Gasteiger partial charge in [-0.3, -0.25) is 4.79 Å². The van der Waals surface area contributed by atoms with Gasteiger partial charge in [-0.2, -0.15) is 0 Å². The van der Waals surface area contributed by atoms with Gasteiger partial charge in [0.2, 0.25) is 0 Å². The molecule has 0 unspecified atom stereocenters. The van der Waals surface area contributed by atoms with E-state index in [2.05, 4.69) is 10.3 Å². The summed E-state index contributed by atoms with van der Waals surface area (Å²) in [5.74, 6) is -0.323. The van der Waals surface area contributed by atoms with Crippen molar-refractivity contribution in [2.24, 2.45) is 0 Å². The number of imidazole rings is 1. The lowest BCUT2D eigenvalue weighted by Gasteiger charge is -2.01. The number of carbonyl (C=O) groups excluding carboxylic acids is 1. The Labute approximate surface area is 133 Å². The van der Waals surface area contributed by atoms with Crippen LogP contribution in [0.15, 0.2) is 54.9 Å². The monoisotopic (exact) mass is 317 g/mol. The highest BCUT2D eigenvalue weighted by Gasteiger charge is 2.14. The van der Waals surface area contributed by atoms with E-state index in [4.69, 9.17) is 10.0 Å². The number of benzene rings is 1. The molecule has 0 aliphatic rings. The van der Waals surface area contributed by atoms with Gasteiger partial charge in [0.25, 0.3) is 5.91 Å². The number of rotatable bonds is 3. The molecule has 0 saturated carbocycles. The normalized spacial score (nSPS) is 10.1. The fourth-order valence-corrected chi connectivity index (χ4v) is 1.99. The maximum absolute atomic E-state index is 12.1. The van der Waals surface area contributed by atoms with Crippen LogP contribution >= 0.6 is 12.4 Å². The van der Waals surface area contributed by atoms with E-state index < -0.39 is 7.12 Å². The summed E-state index contributed by atoms with van der Waals surface area (Å²) in [7, 11) is -1.56. The smallest absolute Gasteiger partial charge is 0.423 e. The lowest BCUT2D eigenvalue weighted by Crippen LogP contribution is -2.30. The van der Waals surface area contributed by atoms with Crippen LogP contribution in [0.2, 0.25) is 0 Å². The molecule has 0 aliphatic carbocycles. The van der Waals surface area contributed by atoms with Crippen LogP contribution in [-0.2, 0) is 0 Å². The number of para-hydroxylation sites is 1. The summed E-state index contributed by atoms with van der Waals surface area (Å²) in [6.07, 6.45) is 3.06. The van der Waals surface area contributed by atoms with Crippen molar-refractivity contribution in [1.82, 2.24) is 9.38 Å². The van der Waals surface area contributed by atoms with Gasteiger partial charge < -0.3 is 19.8 Å². The number of halogens is 1. The lowest BCUT2D eigenvalue weighted by molar-refractivity contribution is 0.102. The van der Waals surface area contributed by atoms with E-state index in [1.807, 2.05) is 18.2 Å². The molecule has 0 radical (unpaired) electrons. The average Bonchev–Trinajstić information content (AvgIpc) is 2.91. The van der Waals surface area contributed by atoms with Gasteiger partial charge in [-0.1, -0.05) is 24.3 Å². The highest BCUT2D eigenvalue weighted by Crippen LogP contribution is 2.09. The molecule has 8 heteroatoms. The van der Waals surface area contributed by atoms with Gasteiger partial charge in [-0.15, -0.1) is 12.4 Å². The van der Waals surface area contributed by atoms with Crippen molar-refractivity contribution >= 4 is 42.2 Å². The quantitative estimate of drug-likeness (QED) is 0.620. The minimum atomic E-state index is -1.56. The van der Waals surface area contributed by atoms with E-state index in [-0.39, 0.29) is 24.0 Å². The summed E-state index contributed by atoms with van der Waals surface area (Å²) in [6.45, 7) is 0. The number of carbonyl (C=O) groups is 1. The Morgan fingerprint density at radius 3 is 2.50 bits per heavy atom. The van der Waals surface area contributed by atoms with Crippen LogP contribution in [0.1, 0.15) is 10.5 Å². The molecule has 2 aromatic heterocycles. The van der Waals surface area contributed by atoms with Gasteiger partial charge in [-0.25, -0.2) is 4.98 Å². The third-order valence-corrected chi connectivity index (χ3v) is 3.04. The predicted octanol–water partition coefficient (Wildman–Crippen LogP) is 0.688. The molecule has 6 nitrogen and oxygen atoms in total. The lowest BCUT2D eigenvalue weighted by atomic mass is 9.82. The fraction of sp³-hybridized carbons (Fsp3) is 0. The predicted molar refractivity (Wildman–Crippen MR) is 86.7 cm³/mol. The number of nitrogens with one attached hydrogen (secondary N) is 1. The summed E-state index contributed by atoms with van der Waals surface area (Å²) in [4.78, 5) is 16.3. The highest BCUT2D eigenvalue weighted by atomic mass is 35.5. The number of nitrogens with zero attached hydrogens (tertiary/aromatic N) is 2. The molecule has 0 saturated heterocycles. The number of anilines is 1. The van der Waals surface area contributed by atoms with Crippen LogP contribution < -0.4 is 10.8 Å². The van der Waals surface area contributed by atoms with Crippen LogP contribution in [0.5, 0.6) is 0 Å². The molecule has 22 heavy (non-hydrogen) atoms. The Hall–Kier alpha value is -2.35. The molecule has 0 fully saturated rings. The number of hydrogen-bond donors (Lipinski definition) is 3. The molecular formula is C14H13BClN3O3. The molecule has 1 aromatic carbocycles. The topological polar surface area (TPSA) is 86.9 Å². The molecule has 1 amide bonds. The van der Waals surface area contributed by atoms with E-state index in [9.17, 15) is 4.79 Å². The maximum Gasteiger partial charge on any atom is 0.489 e. The van der Waals surface area contributed by atoms with Gasteiger partial charge in [0.1, 0.15) is 11.3 Å². The molecule has 3 aromatic rings. The van der Waals surface area contributed by atoms with Gasteiger partial charge >= 0.3 is 7.12 Å². The minimum Gasteiger partial charge on any atom is -0.423 e. The second-order valence-corrected chi connectivity index (χ2v) is 4.55. The van der Waals surface area contributed by atoms with E-state index in [1.54, 1.807) is 34.9 Å². The van der Waals surface area contributed by atoms with Crippen LogP contribution in [0.25, 0.3) is 5.65 Å². The summed E-state index contributed by atoms with van der Waals surface area (Å²) in [5.41, 5.74) is 1.82. The summed E-state index contributed by atoms with van der Waals surface area (Å²) in [5, 5.41) is 21.0. The third kappa shape index (κ3) is 3.28. The largest absolute Gasteiger partial charge is 0.489 e. The molecule has 0 aliphatic heterocycles. The van der Waals surface area contributed by atoms with E-state index >= 15 is 0 Å². The van der Waals surface area contributed by atoms with E-state index in [0.29, 0.717) is 16.8 Å². The standard InChI is InChI=1S/C14H12BN3O3.ClH/c19-14(16-11-4-2-1-3-5-11)12-9-18-8-10(15(20)21)6-7-13(18)17-12;/h1-9,20-21H,(H,16,19);1H. The van der Waals surface area contributed by atoms with Crippen molar-refractivity contribution in [2.45, 2.75) is 0 Å². The summed E-state index contributed by atoms with van der Waals surface area (Å²) in [6, 6.07) is 12.3. The third-order valence-electron chi connectivity index (χ3n) is 3.04. The second kappa shape index (κ2) is 6.61. The SMILES string of the molecule is Cl.O=C(Nc1ccccc1)c1cn2cc(B(O)O)ccc2n1. The minimum absolute atomic E-state index is 0. The van der Waals surface area contributed by atoms with E-state index in [1.165, 1.54) is 6.20 Å². The Kier molecular flexibility index (Phi) is 4.82. The highest BCUT2D eigenvalue weighted by molar-refractivity contribution is 6.58. The first-order valence-corrected chi connectivity index (χ1v) is 6.35.